The monoisotopic (exact) mass is 341 g/mol. The lowest BCUT2D eigenvalue weighted by Gasteiger charge is -2.36. The predicted octanol–water partition coefficient (Wildman–Crippen LogP) is 4.68. The number of fused-ring (bicyclic) bond motifs is 2. The molecule has 0 N–H and O–H groups in total. The smallest absolute Gasteiger partial charge is 0.251 e. The molecule has 2 aliphatic rings. The average Bonchev–Trinajstić information content (AvgIpc) is 2.68. The van der Waals surface area contributed by atoms with Crippen LogP contribution in [0.2, 0.25) is 5.15 Å². The number of aryl methyl sites for hydroxylation is 1. The lowest BCUT2D eigenvalue weighted by molar-refractivity contribution is -0.191. The Morgan fingerprint density at radius 1 is 1.17 bits per heavy atom. The first-order valence-electron chi connectivity index (χ1n) is 7.71. The highest BCUT2D eigenvalue weighted by molar-refractivity contribution is 6.30. The zero-order valence-electron chi connectivity index (χ0n) is 12.4. The summed E-state index contributed by atoms with van der Waals surface area (Å²) in [5.74, 6) is -1.73. The second kappa shape index (κ2) is 5.03. The van der Waals surface area contributed by atoms with Crippen molar-refractivity contribution < 1.29 is 13.2 Å². The first-order valence-corrected chi connectivity index (χ1v) is 8.09. The number of halogens is 4. The van der Waals surface area contributed by atoms with E-state index in [1.165, 1.54) is 0 Å². The van der Waals surface area contributed by atoms with Crippen molar-refractivity contribution >= 4 is 22.6 Å². The van der Waals surface area contributed by atoms with Gasteiger partial charge in [-0.05, 0) is 38.0 Å². The molecule has 2 aromatic rings. The number of alkyl halides is 3. The molecule has 7 heteroatoms. The third kappa shape index (κ3) is 2.38. The van der Waals surface area contributed by atoms with Crippen molar-refractivity contribution in [1.82, 2.24) is 15.0 Å². The van der Waals surface area contributed by atoms with Gasteiger partial charge in [0.25, 0.3) is 0 Å². The molecule has 0 radical (unpaired) electrons. The second-order valence-corrected chi connectivity index (χ2v) is 6.99. The van der Waals surface area contributed by atoms with Gasteiger partial charge in [-0.25, -0.2) is 9.97 Å². The SMILES string of the molecule is Cc1cnc2c([C@H]3CC(C(F)(F)F)C4CCC43)nc(Cl)cc2n1. The minimum absolute atomic E-state index is 0.0268. The number of nitrogens with zero attached hydrogens (tertiary/aromatic N) is 3. The molecule has 2 fully saturated rings. The van der Waals surface area contributed by atoms with Gasteiger partial charge in [0.05, 0.1) is 22.8 Å². The molecular formula is C16H15ClF3N3. The molecule has 0 bridgehead atoms. The van der Waals surface area contributed by atoms with Crippen molar-refractivity contribution in [3.05, 3.63) is 28.8 Å². The highest BCUT2D eigenvalue weighted by atomic mass is 35.5. The summed E-state index contributed by atoms with van der Waals surface area (Å²) in [5.41, 5.74) is 2.51. The van der Waals surface area contributed by atoms with Gasteiger partial charge < -0.3 is 0 Å². The summed E-state index contributed by atoms with van der Waals surface area (Å²) >= 11 is 6.08. The van der Waals surface area contributed by atoms with Crippen LogP contribution in [-0.4, -0.2) is 21.1 Å². The van der Waals surface area contributed by atoms with Gasteiger partial charge in [-0.1, -0.05) is 11.6 Å². The van der Waals surface area contributed by atoms with Crippen LogP contribution in [0.15, 0.2) is 12.3 Å². The van der Waals surface area contributed by atoms with Gasteiger partial charge in [0.2, 0.25) is 0 Å². The molecule has 3 nitrogen and oxygen atoms in total. The van der Waals surface area contributed by atoms with E-state index in [0.29, 0.717) is 23.1 Å². The fraction of sp³-hybridized carbons (Fsp3) is 0.562. The van der Waals surface area contributed by atoms with Crippen molar-refractivity contribution in [1.29, 1.82) is 0 Å². The number of hydrogen-bond donors (Lipinski definition) is 0. The minimum Gasteiger partial charge on any atom is -0.251 e. The highest BCUT2D eigenvalue weighted by Gasteiger charge is 2.58. The first kappa shape index (κ1) is 15.1. The van der Waals surface area contributed by atoms with Crippen molar-refractivity contribution in [2.75, 3.05) is 0 Å². The summed E-state index contributed by atoms with van der Waals surface area (Å²) in [6, 6.07) is 1.62. The van der Waals surface area contributed by atoms with E-state index in [1.807, 2.05) is 6.92 Å². The van der Waals surface area contributed by atoms with E-state index in [9.17, 15) is 13.2 Å². The number of pyridine rings is 1. The molecule has 0 amide bonds. The molecule has 2 aromatic heterocycles. The largest absolute Gasteiger partial charge is 0.392 e. The Balaban J connectivity index is 1.81. The fourth-order valence-corrected chi connectivity index (χ4v) is 4.42. The van der Waals surface area contributed by atoms with E-state index in [4.69, 9.17) is 11.6 Å². The molecular weight excluding hydrogens is 327 g/mol. The molecule has 4 rings (SSSR count). The molecule has 122 valence electrons. The van der Waals surface area contributed by atoms with Crippen molar-refractivity contribution in [3.8, 4) is 0 Å². The molecule has 0 aromatic carbocycles. The van der Waals surface area contributed by atoms with Crippen LogP contribution in [-0.2, 0) is 0 Å². The Kier molecular flexibility index (Phi) is 3.31. The Morgan fingerprint density at radius 3 is 2.52 bits per heavy atom. The van der Waals surface area contributed by atoms with Gasteiger partial charge in [-0.2, -0.15) is 13.2 Å². The molecule has 0 saturated heterocycles. The van der Waals surface area contributed by atoms with E-state index >= 15 is 0 Å². The molecule has 23 heavy (non-hydrogen) atoms. The Bertz CT molecular complexity index is 772. The normalized spacial score (nSPS) is 30.3. The lowest BCUT2D eigenvalue weighted by Crippen LogP contribution is -2.34. The molecule has 2 saturated carbocycles. The maximum atomic E-state index is 13.3. The van der Waals surface area contributed by atoms with Gasteiger partial charge in [-0.3, -0.25) is 4.98 Å². The fourth-order valence-electron chi connectivity index (χ4n) is 4.23. The standard InChI is InChI=1S/C16H15ClF3N3/c1-7-6-21-15-12(22-7)5-13(17)23-14(15)10-4-11(16(18,19)20)9-3-2-8(9)10/h5-6,8-11H,2-4H2,1H3/t8?,9?,10-,11?/m0/s1. The zero-order valence-corrected chi connectivity index (χ0v) is 13.2. The van der Waals surface area contributed by atoms with E-state index in [2.05, 4.69) is 15.0 Å². The van der Waals surface area contributed by atoms with Crippen molar-refractivity contribution in [2.45, 2.75) is 38.3 Å². The quantitative estimate of drug-likeness (QED) is 0.707. The second-order valence-electron chi connectivity index (χ2n) is 6.60. The molecule has 4 atom stereocenters. The zero-order chi connectivity index (χ0) is 16.4. The van der Waals surface area contributed by atoms with E-state index in [-0.39, 0.29) is 29.3 Å². The lowest BCUT2D eigenvalue weighted by atomic mass is 9.69. The summed E-state index contributed by atoms with van der Waals surface area (Å²) in [6.45, 7) is 1.82. The minimum atomic E-state index is -4.14. The molecule has 2 aliphatic carbocycles. The molecule has 3 unspecified atom stereocenters. The van der Waals surface area contributed by atoms with Crippen LogP contribution in [0, 0.1) is 24.7 Å². The van der Waals surface area contributed by atoms with Gasteiger partial charge in [0, 0.05) is 18.2 Å². The van der Waals surface area contributed by atoms with Crippen LogP contribution >= 0.6 is 11.6 Å². The number of aromatic nitrogens is 3. The van der Waals surface area contributed by atoms with Crippen LogP contribution in [0.1, 0.15) is 36.6 Å². The van der Waals surface area contributed by atoms with Gasteiger partial charge in [0.15, 0.2) is 0 Å². The van der Waals surface area contributed by atoms with Gasteiger partial charge >= 0.3 is 6.18 Å². The number of rotatable bonds is 1. The average molecular weight is 342 g/mol. The molecule has 0 aliphatic heterocycles. The van der Waals surface area contributed by atoms with Crippen LogP contribution < -0.4 is 0 Å². The Morgan fingerprint density at radius 2 is 1.91 bits per heavy atom. The van der Waals surface area contributed by atoms with Crippen molar-refractivity contribution in [2.24, 2.45) is 17.8 Å². The van der Waals surface area contributed by atoms with Crippen molar-refractivity contribution in [3.63, 3.8) is 0 Å². The summed E-state index contributed by atoms with van der Waals surface area (Å²) < 4.78 is 39.8. The predicted molar refractivity (Wildman–Crippen MR) is 80.2 cm³/mol. The van der Waals surface area contributed by atoms with Crippen LogP contribution in [0.25, 0.3) is 11.0 Å². The Labute approximate surface area is 136 Å². The number of hydrogen-bond acceptors (Lipinski definition) is 3. The van der Waals surface area contributed by atoms with E-state index < -0.39 is 12.1 Å². The van der Waals surface area contributed by atoms with Gasteiger partial charge in [0.1, 0.15) is 10.7 Å². The topological polar surface area (TPSA) is 38.7 Å². The van der Waals surface area contributed by atoms with Gasteiger partial charge in [-0.15, -0.1) is 0 Å². The summed E-state index contributed by atoms with van der Waals surface area (Å²) in [5, 5.41) is 0.263. The van der Waals surface area contributed by atoms with Crippen LogP contribution in [0.5, 0.6) is 0 Å². The maximum Gasteiger partial charge on any atom is 0.392 e. The summed E-state index contributed by atoms with van der Waals surface area (Å²) in [6.07, 6.45) is -0.979. The van der Waals surface area contributed by atoms with E-state index in [1.54, 1.807) is 12.3 Å². The first-order chi connectivity index (χ1) is 10.8. The van der Waals surface area contributed by atoms with E-state index in [0.717, 1.165) is 12.1 Å². The third-order valence-electron chi connectivity index (χ3n) is 5.34. The molecule has 0 spiro atoms. The Hall–Kier alpha value is -1.43. The van der Waals surface area contributed by atoms with Crippen LogP contribution in [0.4, 0.5) is 13.2 Å². The third-order valence-corrected chi connectivity index (χ3v) is 5.54. The highest BCUT2D eigenvalue weighted by Crippen LogP contribution is 2.61. The summed E-state index contributed by atoms with van der Waals surface area (Å²) in [7, 11) is 0. The van der Waals surface area contributed by atoms with Crippen LogP contribution in [0.3, 0.4) is 0 Å². The summed E-state index contributed by atoms with van der Waals surface area (Å²) in [4.78, 5) is 13.1. The molecule has 2 heterocycles. The maximum absolute atomic E-state index is 13.3.